The smallest absolute Gasteiger partial charge is 0.345 e. The average Bonchev–Trinajstić information content (AvgIpc) is 3.42. The molecule has 0 atom stereocenters. The Labute approximate surface area is 217 Å². The summed E-state index contributed by atoms with van der Waals surface area (Å²) in [7, 11) is 0. The number of pyridine rings is 1. The van der Waals surface area contributed by atoms with Gasteiger partial charge in [-0.2, -0.15) is 18.3 Å². The van der Waals surface area contributed by atoms with Crippen molar-refractivity contribution >= 4 is 57.6 Å². The molecule has 194 valence electrons. The summed E-state index contributed by atoms with van der Waals surface area (Å²) in [4.78, 5) is 46.1. The molecule has 37 heavy (non-hydrogen) atoms. The number of likely N-dealkylation sites (tertiary alicyclic amines) is 1. The number of carbonyl (C=O) groups excluding carboxylic acids is 3. The number of halogens is 5. The van der Waals surface area contributed by atoms with Gasteiger partial charge in [0, 0.05) is 18.7 Å². The molecule has 2 aliphatic heterocycles. The van der Waals surface area contributed by atoms with Crippen molar-refractivity contribution in [1.29, 1.82) is 0 Å². The van der Waals surface area contributed by atoms with Crippen molar-refractivity contribution in [3.8, 4) is 0 Å². The van der Waals surface area contributed by atoms with Gasteiger partial charge in [-0.3, -0.25) is 19.5 Å². The Hall–Kier alpha value is -3.38. The van der Waals surface area contributed by atoms with Crippen LogP contribution in [0, 0.1) is 0 Å². The lowest BCUT2D eigenvalue weighted by molar-refractivity contribution is -0.138. The van der Waals surface area contributed by atoms with Crippen molar-refractivity contribution in [1.82, 2.24) is 25.4 Å². The van der Waals surface area contributed by atoms with Gasteiger partial charge in [0.1, 0.15) is 24.3 Å². The fourth-order valence-electron chi connectivity index (χ4n) is 4.92. The predicted octanol–water partition coefficient (Wildman–Crippen LogP) is 3.46. The summed E-state index contributed by atoms with van der Waals surface area (Å²) >= 11 is 12.8. The van der Waals surface area contributed by atoms with Crippen LogP contribution in [0.2, 0.25) is 10.0 Å². The van der Waals surface area contributed by atoms with Crippen molar-refractivity contribution < 1.29 is 27.6 Å². The van der Waals surface area contributed by atoms with Crippen molar-refractivity contribution in [2.45, 2.75) is 24.4 Å². The third kappa shape index (κ3) is 4.48. The number of nitrogens with zero attached hydrogens (tertiary/aromatic N) is 4. The molecule has 0 unspecified atom stereocenters. The molecule has 1 saturated heterocycles. The highest BCUT2D eigenvalue weighted by Crippen LogP contribution is 2.52. The molecule has 2 aromatic heterocycles. The minimum Gasteiger partial charge on any atom is -0.345 e. The monoisotopic (exact) mass is 554 g/mol. The summed E-state index contributed by atoms with van der Waals surface area (Å²) in [5.74, 6) is -1.75. The lowest BCUT2D eigenvalue weighted by Gasteiger charge is -2.38. The number of amides is 3. The largest absolute Gasteiger partial charge is 0.405 e. The van der Waals surface area contributed by atoms with Crippen LogP contribution in [0.4, 0.5) is 18.9 Å². The summed E-state index contributed by atoms with van der Waals surface area (Å²) in [6.07, 6.45) is -2.72. The normalized spacial score (nSPS) is 16.9. The van der Waals surface area contributed by atoms with Crippen LogP contribution >= 0.6 is 23.2 Å². The van der Waals surface area contributed by atoms with E-state index in [1.54, 1.807) is 22.3 Å². The second-order valence-corrected chi connectivity index (χ2v) is 9.70. The average molecular weight is 555 g/mol. The Bertz CT molecular complexity index is 1420. The van der Waals surface area contributed by atoms with E-state index in [0.29, 0.717) is 22.3 Å². The Balaban J connectivity index is 1.39. The van der Waals surface area contributed by atoms with Crippen LogP contribution < -0.4 is 10.2 Å². The second kappa shape index (κ2) is 9.18. The summed E-state index contributed by atoms with van der Waals surface area (Å²) in [5.41, 5.74) is 1.01. The third-order valence-electron chi connectivity index (χ3n) is 6.70. The number of benzene rings is 1. The molecule has 5 rings (SSSR count). The number of nitrogens with one attached hydrogen (secondary N) is 2. The summed E-state index contributed by atoms with van der Waals surface area (Å²) in [6, 6.07) is 6.27. The molecule has 2 aliphatic rings. The lowest BCUT2D eigenvalue weighted by Crippen LogP contribution is -2.51. The minimum absolute atomic E-state index is 0.137. The minimum atomic E-state index is -4.59. The molecule has 1 spiro atoms. The highest BCUT2D eigenvalue weighted by atomic mass is 35.5. The van der Waals surface area contributed by atoms with E-state index in [-0.39, 0.29) is 47.6 Å². The predicted molar refractivity (Wildman–Crippen MR) is 129 cm³/mol. The molecule has 0 aliphatic carbocycles. The van der Waals surface area contributed by atoms with Crippen molar-refractivity contribution in [2.24, 2.45) is 0 Å². The Morgan fingerprint density at radius 1 is 1.14 bits per heavy atom. The zero-order valence-electron chi connectivity index (χ0n) is 19.0. The number of fused-ring (bicyclic) bond motifs is 3. The molecule has 4 heterocycles. The number of piperidine rings is 1. The Morgan fingerprint density at radius 2 is 1.86 bits per heavy atom. The standard InChI is InChI=1S/C23H19Cl2F3N6O3/c24-12-1-4-16-18(19(12)25)22(21(37)34(16)10-17(35)29-11-23(26,27)28)5-7-33(8-6-22)20(36)14-3-2-13-15(31-14)9-30-32-13/h1-4,9H,5-8,10-11H2,(H,29,35)(H,30,32). The van der Waals surface area contributed by atoms with Crippen molar-refractivity contribution in [2.75, 3.05) is 31.1 Å². The highest BCUT2D eigenvalue weighted by Gasteiger charge is 2.54. The molecule has 1 aromatic carbocycles. The van der Waals surface area contributed by atoms with Crippen LogP contribution in [-0.4, -0.2) is 70.2 Å². The van der Waals surface area contributed by atoms with Gasteiger partial charge in [-0.05, 0) is 37.1 Å². The van der Waals surface area contributed by atoms with Gasteiger partial charge in [0.15, 0.2) is 0 Å². The maximum Gasteiger partial charge on any atom is 0.405 e. The van der Waals surface area contributed by atoms with E-state index >= 15 is 0 Å². The number of aromatic amines is 1. The molecule has 2 N–H and O–H groups in total. The molecule has 0 bridgehead atoms. The van der Waals surface area contributed by atoms with Crippen molar-refractivity contribution in [3.63, 3.8) is 0 Å². The zero-order valence-corrected chi connectivity index (χ0v) is 20.5. The molecule has 3 amide bonds. The van der Waals surface area contributed by atoms with Gasteiger partial charge in [-0.1, -0.05) is 23.2 Å². The van der Waals surface area contributed by atoms with E-state index in [1.165, 1.54) is 18.3 Å². The van der Waals surface area contributed by atoms with Gasteiger partial charge in [0.2, 0.25) is 11.8 Å². The fourth-order valence-corrected chi connectivity index (χ4v) is 5.42. The first kappa shape index (κ1) is 25.3. The van der Waals surface area contributed by atoms with E-state index in [1.807, 2.05) is 0 Å². The highest BCUT2D eigenvalue weighted by molar-refractivity contribution is 6.43. The number of hydrogen-bond donors (Lipinski definition) is 2. The number of aromatic nitrogens is 3. The Morgan fingerprint density at radius 3 is 2.57 bits per heavy atom. The van der Waals surface area contributed by atoms with E-state index in [9.17, 15) is 27.6 Å². The molecule has 1 fully saturated rings. The third-order valence-corrected chi connectivity index (χ3v) is 7.51. The van der Waals surface area contributed by atoms with Gasteiger partial charge in [0.25, 0.3) is 5.91 Å². The first-order valence-corrected chi connectivity index (χ1v) is 12.0. The van der Waals surface area contributed by atoms with Crippen LogP contribution in [0.1, 0.15) is 28.9 Å². The van der Waals surface area contributed by atoms with E-state index in [4.69, 9.17) is 23.2 Å². The van der Waals surface area contributed by atoms with E-state index < -0.39 is 36.5 Å². The SMILES string of the molecule is O=C(CN1C(=O)C2(CCN(C(=O)c3ccc4[nH]ncc4n3)CC2)c2c1ccc(Cl)c2Cl)NCC(F)(F)F. The number of alkyl halides is 3. The van der Waals surface area contributed by atoms with Crippen LogP contribution in [0.15, 0.2) is 30.5 Å². The van der Waals surface area contributed by atoms with Crippen molar-refractivity contribution in [3.05, 3.63) is 51.8 Å². The van der Waals surface area contributed by atoms with Gasteiger partial charge in [0.05, 0.1) is 32.9 Å². The molecular weight excluding hydrogens is 536 g/mol. The number of rotatable bonds is 4. The summed E-state index contributed by atoms with van der Waals surface area (Å²) in [5, 5.41) is 8.79. The van der Waals surface area contributed by atoms with Gasteiger partial charge in [-0.15, -0.1) is 0 Å². The fraction of sp³-hybridized carbons (Fsp3) is 0.348. The summed E-state index contributed by atoms with van der Waals surface area (Å²) < 4.78 is 37.6. The van der Waals surface area contributed by atoms with Crippen LogP contribution in [0.25, 0.3) is 11.0 Å². The van der Waals surface area contributed by atoms with E-state index in [0.717, 1.165) is 4.90 Å². The van der Waals surface area contributed by atoms with E-state index in [2.05, 4.69) is 15.2 Å². The molecule has 14 heteroatoms. The second-order valence-electron chi connectivity index (χ2n) is 8.91. The van der Waals surface area contributed by atoms with Gasteiger partial charge >= 0.3 is 6.18 Å². The first-order chi connectivity index (χ1) is 17.5. The molecule has 0 saturated carbocycles. The summed E-state index contributed by atoms with van der Waals surface area (Å²) in [6.45, 7) is -1.75. The number of hydrogen-bond acceptors (Lipinski definition) is 5. The van der Waals surface area contributed by atoms with Crippen LogP contribution in [0.3, 0.4) is 0 Å². The topological polar surface area (TPSA) is 111 Å². The maximum absolute atomic E-state index is 13.7. The van der Waals surface area contributed by atoms with Gasteiger partial charge in [-0.25, -0.2) is 4.98 Å². The Kier molecular flexibility index (Phi) is 6.27. The lowest BCUT2D eigenvalue weighted by atomic mass is 9.73. The first-order valence-electron chi connectivity index (χ1n) is 11.2. The maximum atomic E-state index is 13.7. The molecular formula is C23H19Cl2F3N6O3. The zero-order chi connectivity index (χ0) is 26.5. The van der Waals surface area contributed by atoms with Crippen LogP contribution in [0.5, 0.6) is 0 Å². The quantitative estimate of drug-likeness (QED) is 0.513. The van der Waals surface area contributed by atoms with Crippen LogP contribution in [-0.2, 0) is 15.0 Å². The molecule has 0 radical (unpaired) electrons. The number of anilines is 1. The number of carbonyl (C=O) groups is 3. The molecule has 3 aromatic rings. The number of H-pyrrole nitrogens is 1. The van der Waals surface area contributed by atoms with Gasteiger partial charge < -0.3 is 15.1 Å². The molecule has 9 nitrogen and oxygen atoms in total.